The van der Waals surface area contributed by atoms with Crippen LogP contribution in [0.1, 0.15) is 17.5 Å². The molecule has 0 aliphatic carbocycles. The Hall–Kier alpha value is -1.96. The van der Waals surface area contributed by atoms with Gasteiger partial charge in [-0.2, -0.15) is 13.2 Å². The topological polar surface area (TPSA) is 67.4 Å². The lowest BCUT2D eigenvalue weighted by molar-refractivity contribution is -0.173. The van der Waals surface area contributed by atoms with Gasteiger partial charge in [0.05, 0.1) is 0 Å². The van der Waals surface area contributed by atoms with Gasteiger partial charge >= 0.3 is 12.1 Å². The van der Waals surface area contributed by atoms with Gasteiger partial charge in [-0.05, 0) is 43.5 Å². The second-order valence-electron chi connectivity index (χ2n) is 5.12. The lowest BCUT2D eigenvalue weighted by Gasteiger charge is -2.11. The summed E-state index contributed by atoms with van der Waals surface area (Å²) in [5.74, 6) is -1.91. The number of hydrogen-bond acceptors (Lipinski definition) is 3. The third-order valence-corrected chi connectivity index (χ3v) is 3.59. The van der Waals surface area contributed by atoms with Crippen molar-refractivity contribution >= 4 is 23.4 Å². The molecular formula is C15H18ClF3N2O3. The zero-order chi connectivity index (χ0) is 18.3. The molecule has 0 bridgehead atoms. The van der Waals surface area contributed by atoms with Crippen LogP contribution in [0.5, 0.6) is 5.75 Å². The van der Waals surface area contributed by atoms with Crippen molar-refractivity contribution in [2.45, 2.75) is 26.4 Å². The standard InChI is InChI=1S/C15H18ClF3N2O3/c1-9-6-11(7-10(2)13(9)16)24-8-12(22)20-4-3-5-21-14(23)15(17,18)19/h6-7H,3-5,8H2,1-2H3,(H,20,22)(H,21,23). The van der Waals surface area contributed by atoms with E-state index in [0.717, 1.165) is 11.1 Å². The number of carbonyl (C=O) groups excluding carboxylic acids is 2. The van der Waals surface area contributed by atoms with Gasteiger partial charge in [0.15, 0.2) is 6.61 Å². The van der Waals surface area contributed by atoms with Gasteiger partial charge in [-0.1, -0.05) is 11.6 Å². The Labute approximate surface area is 142 Å². The number of benzene rings is 1. The average Bonchev–Trinajstić information content (AvgIpc) is 2.48. The number of hydrogen-bond donors (Lipinski definition) is 2. The quantitative estimate of drug-likeness (QED) is 0.729. The van der Waals surface area contributed by atoms with Crippen molar-refractivity contribution in [3.63, 3.8) is 0 Å². The Morgan fingerprint density at radius 2 is 1.67 bits per heavy atom. The third kappa shape index (κ3) is 6.66. The molecule has 1 aromatic rings. The van der Waals surface area contributed by atoms with Crippen LogP contribution in [0.2, 0.25) is 5.02 Å². The minimum atomic E-state index is -4.90. The van der Waals surface area contributed by atoms with Crippen LogP contribution in [0.3, 0.4) is 0 Å². The number of aryl methyl sites for hydroxylation is 2. The molecule has 5 nitrogen and oxygen atoms in total. The fourth-order valence-corrected chi connectivity index (χ4v) is 1.92. The first-order chi connectivity index (χ1) is 11.1. The molecule has 0 unspecified atom stereocenters. The van der Waals surface area contributed by atoms with Crippen molar-refractivity contribution in [2.75, 3.05) is 19.7 Å². The highest BCUT2D eigenvalue weighted by Gasteiger charge is 2.38. The summed E-state index contributed by atoms with van der Waals surface area (Å²) >= 11 is 6.03. The highest BCUT2D eigenvalue weighted by molar-refractivity contribution is 6.32. The minimum absolute atomic E-state index is 0.124. The molecule has 9 heteroatoms. The summed E-state index contributed by atoms with van der Waals surface area (Å²) in [5.41, 5.74) is 1.65. The smallest absolute Gasteiger partial charge is 0.471 e. The number of rotatable bonds is 7. The number of amides is 2. The van der Waals surface area contributed by atoms with E-state index in [1.165, 1.54) is 0 Å². The molecule has 2 amide bonds. The van der Waals surface area contributed by atoms with E-state index in [9.17, 15) is 22.8 Å². The molecule has 0 radical (unpaired) electrons. The maximum Gasteiger partial charge on any atom is 0.471 e. The molecule has 0 aromatic heterocycles. The SMILES string of the molecule is Cc1cc(OCC(=O)NCCCNC(=O)C(F)(F)F)cc(C)c1Cl. The van der Waals surface area contributed by atoms with E-state index in [0.29, 0.717) is 10.8 Å². The van der Waals surface area contributed by atoms with Crippen molar-refractivity contribution in [1.29, 1.82) is 0 Å². The molecular weight excluding hydrogens is 349 g/mol. The summed E-state index contributed by atoms with van der Waals surface area (Å²) < 4.78 is 41.1. The van der Waals surface area contributed by atoms with Gasteiger partial charge in [0.1, 0.15) is 5.75 Å². The number of alkyl halides is 3. The number of halogens is 4. The first-order valence-electron chi connectivity index (χ1n) is 7.12. The minimum Gasteiger partial charge on any atom is -0.484 e. The maximum absolute atomic E-state index is 11.9. The summed E-state index contributed by atoms with van der Waals surface area (Å²) in [6.07, 6.45) is -4.72. The van der Waals surface area contributed by atoms with Gasteiger partial charge in [-0.3, -0.25) is 9.59 Å². The van der Waals surface area contributed by atoms with Gasteiger partial charge in [-0.25, -0.2) is 0 Å². The molecule has 0 spiro atoms. The van der Waals surface area contributed by atoms with E-state index in [2.05, 4.69) is 5.32 Å². The molecule has 2 N–H and O–H groups in total. The number of nitrogens with one attached hydrogen (secondary N) is 2. The van der Waals surface area contributed by atoms with Crippen LogP contribution >= 0.6 is 11.6 Å². The van der Waals surface area contributed by atoms with Crippen molar-refractivity contribution in [3.05, 3.63) is 28.3 Å². The summed E-state index contributed by atoms with van der Waals surface area (Å²) in [6, 6.07) is 3.41. The second-order valence-corrected chi connectivity index (χ2v) is 5.49. The average molecular weight is 367 g/mol. The van der Waals surface area contributed by atoms with Crippen molar-refractivity contribution in [1.82, 2.24) is 10.6 Å². The zero-order valence-corrected chi connectivity index (χ0v) is 14.0. The molecule has 0 aliphatic rings. The summed E-state index contributed by atoms with van der Waals surface area (Å²) in [5, 5.41) is 4.83. The number of carbonyl (C=O) groups is 2. The fraction of sp³-hybridized carbons (Fsp3) is 0.467. The van der Waals surface area contributed by atoms with Gasteiger partial charge < -0.3 is 15.4 Å². The van der Waals surface area contributed by atoms with Crippen LogP contribution < -0.4 is 15.4 Å². The van der Waals surface area contributed by atoms with Crippen molar-refractivity contribution < 1.29 is 27.5 Å². The summed E-state index contributed by atoms with van der Waals surface area (Å²) in [7, 11) is 0. The normalized spacial score (nSPS) is 11.1. The highest BCUT2D eigenvalue weighted by atomic mass is 35.5. The maximum atomic E-state index is 11.9. The van der Waals surface area contributed by atoms with Crippen molar-refractivity contribution in [2.24, 2.45) is 0 Å². The lowest BCUT2D eigenvalue weighted by Crippen LogP contribution is -2.38. The fourth-order valence-electron chi connectivity index (χ4n) is 1.81. The van der Waals surface area contributed by atoms with E-state index in [-0.39, 0.29) is 26.1 Å². The largest absolute Gasteiger partial charge is 0.484 e. The van der Waals surface area contributed by atoms with Crippen LogP contribution in [0.4, 0.5) is 13.2 Å². The predicted molar refractivity (Wildman–Crippen MR) is 83.1 cm³/mol. The Bertz CT molecular complexity index is 583. The predicted octanol–water partition coefficient (Wildman–Crippen LogP) is 2.52. The molecule has 0 saturated carbocycles. The first-order valence-corrected chi connectivity index (χ1v) is 7.50. The van der Waals surface area contributed by atoms with Crippen LogP contribution in [0.25, 0.3) is 0 Å². The molecule has 1 aromatic carbocycles. The first kappa shape index (κ1) is 20.1. The molecule has 0 heterocycles. The molecule has 0 saturated heterocycles. The monoisotopic (exact) mass is 366 g/mol. The van der Waals surface area contributed by atoms with Gasteiger partial charge in [0.2, 0.25) is 0 Å². The second kappa shape index (κ2) is 8.77. The Morgan fingerprint density at radius 1 is 1.12 bits per heavy atom. The van der Waals surface area contributed by atoms with Crippen molar-refractivity contribution in [3.8, 4) is 5.75 Å². The summed E-state index contributed by atoms with van der Waals surface area (Å²) in [4.78, 5) is 22.1. The number of ether oxygens (including phenoxy) is 1. The van der Waals surface area contributed by atoms with E-state index in [1.54, 1.807) is 17.4 Å². The van der Waals surface area contributed by atoms with E-state index >= 15 is 0 Å². The summed E-state index contributed by atoms with van der Waals surface area (Å²) in [6.45, 7) is 3.35. The van der Waals surface area contributed by atoms with E-state index < -0.39 is 18.0 Å². The molecule has 0 aliphatic heterocycles. The van der Waals surface area contributed by atoms with Crippen LogP contribution in [0.15, 0.2) is 12.1 Å². The molecule has 0 fully saturated rings. The Balaban J connectivity index is 2.25. The molecule has 134 valence electrons. The molecule has 1 rings (SSSR count). The van der Waals surface area contributed by atoms with E-state index in [1.807, 2.05) is 13.8 Å². The van der Waals surface area contributed by atoms with Gasteiger partial charge in [-0.15, -0.1) is 0 Å². The van der Waals surface area contributed by atoms with Gasteiger partial charge in [0.25, 0.3) is 5.91 Å². The molecule has 24 heavy (non-hydrogen) atoms. The highest BCUT2D eigenvalue weighted by Crippen LogP contribution is 2.25. The van der Waals surface area contributed by atoms with Crippen LogP contribution in [-0.2, 0) is 9.59 Å². The Morgan fingerprint density at radius 3 is 2.21 bits per heavy atom. The molecule has 0 atom stereocenters. The lowest BCUT2D eigenvalue weighted by atomic mass is 10.1. The van der Waals surface area contributed by atoms with Crippen LogP contribution in [-0.4, -0.2) is 37.7 Å². The third-order valence-electron chi connectivity index (χ3n) is 3.00. The Kier molecular flexibility index (Phi) is 7.34. The zero-order valence-electron chi connectivity index (χ0n) is 13.2. The van der Waals surface area contributed by atoms with Crippen LogP contribution in [0, 0.1) is 13.8 Å². The van der Waals surface area contributed by atoms with Gasteiger partial charge in [0, 0.05) is 18.1 Å². The van der Waals surface area contributed by atoms with E-state index in [4.69, 9.17) is 16.3 Å².